The number of thiophene rings is 1. The summed E-state index contributed by atoms with van der Waals surface area (Å²) in [6.07, 6.45) is 0. The van der Waals surface area contributed by atoms with Gasteiger partial charge in [-0.15, -0.1) is 11.3 Å². The first-order valence-corrected chi connectivity index (χ1v) is 8.02. The summed E-state index contributed by atoms with van der Waals surface area (Å²) >= 11 is 7.27. The van der Waals surface area contributed by atoms with Gasteiger partial charge in [-0.3, -0.25) is 4.79 Å². The summed E-state index contributed by atoms with van der Waals surface area (Å²) in [5.74, 6) is -1.05. The van der Waals surface area contributed by atoms with E-state index in [4.69, 9.17) is 11.6 Å². The number of hydrogen-bond acceptors (Lipinski definition) is 2. The van der Waals surface area contributed by atoms with E-state index in [1.54, 1.807) is 25.2 Å². The molecule has 0 N–H and O–H groups in total. The number of carbonyl (C=O) groups is 1. The average molecular weight is 352 g/mol. The van der Waals surface area contributed by atoms with Gasteiger partial charge in [0.15, 0.2) is 0 Å². The molecule has 1 amide bonds. The fourth-order valence-electron chi connectivity index (χ4n) is 2.30. The average Bonchev–Trinajstić information content (AvgIpc) is 2.93. The van der Waals surface area contributed by atoms with E-state index in [1.165, 1.54) is 40.5 Å². The van der Waals surface area contributed by atoms with Gasteiger partial charge in [0.1, 0.15) is 11.6 Å². The smallest absolute Gasteiger partial charge is 0.264 e. The number of hydrogen-bond donors (Lipinski definition) is 0. The molecule has 0 radical (unpaired) electrons. The number of benzene rings is 2. The van der Waals surface area contributed by atoms with E-state index in [0.717, 1.165) is 4.70 Å². The van der Waals surface area contributed by atoms with Crippen LogP contribution in [0.15, 0.2) is 42.5 Å². The first kappa shape index (κ1) is 15.9. The molecule has 0 fully saturated rings. The second kappa shape index (κ2) is 6.26. The fourth-order valence-corrected chi connectivity index (χ4v) is 3.56. The third-order valence-electron chi connectivity index (χ3n) is 3.49. The molecule has 0 saturated heterocycles. The molecule has 0 aliphatic carbocycles. The minimum Gasteiger partial charge on any atom is -0.337 e. The molecule has 2 aromatic carbocycles. The Balaban J connectivity index is 1.86. The quantitative estimate of drug-likeness (QED) is 0.642. The van der Waals surface area contributed by atoms with E-state index in [9.17, 15) is 13.6 Å². The van der Waals surface area contributed by atoms with Crippen LogP contribution in [0.2, 0.25) is 5.02 Å². The van der Waals surface area contributed by atoms with Crippen molar-refractivity contribution in [2.24, 2.45) is 0 Å². The van der Waals surface area contributed by atoms with Gasteiger partial charge in [-0.25, -0.2) is 8.78 Å². The highest BCUT2D eigenvalue weighted by atomic mass is 35.5. The van der Waals surface area contributed by atoms with Gasteiger partial charge in [0.25, 0.3) is 5.91 Å². The maximum atomic E-state index is 13.8. The Bertz CT molecular complexity index is 873. The zero-order valence-electron chi connectivity index (χ0n) is 12.1. The topological polar surface area (TPSA) is 20.3 Å². The molecule has 23 heavy (non-hydrogen) atoms. The van der Waals surface area contributed by atoms with Crippen molar-refractivity contribution in [3.05, 3.63) is 69.6 Å². The Morgan fingerprint density at radius 3 is 2.74 bits per heavy atom. The van der Waals surface area contributed by atoms with Gasteiger partial charge in [-0.1, -0.05) is 17.7 Å². The lowest BCUT2D eigenvalue weighted by molar-refractivity contribution is 0.0789. The van der Waals surface area contributed by atoms with Gasteiger partial charge in [-0.05, 0) is 41.8 Å². The summed E-state index contributed by atoms with van der Waals surface area (Å²) in [5.41, 5.74) is 0.275. The van der Waals surface area contributed by atoms with Gasteiger partial charge >= 0.3 is 0 Å². The maximum Gasteiger partial charge on any atom is 0.264 e. The highest BCUT2D eigenvalue weighted by molar-refractivity contribution is 7.20. The van der Waals surface area contributed by atoms with Crippen LogP contribution in [0.1, 0.15) is 15.2 Å². The summed E-state index contributed by atoms with van der Waals surface area (Å²) in [4.78, 5) is 14.4. The van der Waals surface area contributed by atoms with Crippen LogP contribution in [0, 0.1) is 11.6 Å². The molecule has 0 saturated carbocycles. The van der Waals surface area contributed by atoms with Gasteiger partial charge in [0, 0.05) is 22.3 Å². The lowest BCUT2D eigenvalue weighted by Crippen LogP contribution is -2.26. The zero-order chi connectivity index (χ0) is 16.6. The SMILES string of the molecule is CN(Cc1c(F)cccc1Cl)C(=O)c1cc2cc(F)ccc2s1. The van der Waals surface area contributed by atoms with E-state index < -0.39 is 5.82 Å². The predicted octanol–water partition coefficient (Wildman–Crippen LogP) is 5.11. The fraction of sp³-hybridized carbons (Fsp3) is 0.118. The molecular weight excluding hydrogens is 340 g/mol. The van der Waals surface area contributed by atoms with E-state index in [2.05, 4.69) is 0 Å². The first-order valence-electron chi connectivity index (χ1n) is 6.83. The third kappa shape index (κ3) is 3.21. The molecule has 0 bridgehead atoms. The molecule has 2 nitrogen and oxygen atoms in total. The lowest BCUT2D eigenvalue weighted by atomic mass is 10.2. The van der Waals surface area contributed by atoms with Gasteiger partial charge in [0.05, 0.1) is 11.4 Å². The van der Waals surface area contributed by atoms with Crippen LogP contribution in [0.5, 0.6) is 0 Å². The number of rotatable bonds is 3. The van der Waals surface area contributed by atoms with E-state index in [0.29, 0.717) is 10.3 Å². The lowest BCUT2D eigenvalue weighted by Gasteiger charge is -2.17. The Labute approximate surface area is 140 Å². The Kier molecular flexibility index (Phi) is 4.33. The molecular formula is C17H12ClF2NOS. The molecule has 0 spiro atoms. The summed E-state index contributed by atoms with van der Waals surface area (Å²) in [6.45, 7) is 0.0624. The number of halogens is 3. The van der Waals surface area contributed by atoms with Crippen molar-refractivity contribution in [3.63, 3.8) is 0 Å². The molecule has 118 valence electrons. The first-order chi connectivity index (χ1) is 11.0. The minimum absolute atomic E-state index is 0.0624. The Hall–Kier alpha value is -1.98. The second-order valence-electron chi connectivity index (χ2n) is 5.15. The molecule has 3 aromatic rings. The number of nitrogens with zero attached hydrogens (tertiary/aromatic N) is 1. The molecule has 0 aliphatic heterocycles. The van der Waals surface area contributed by atoms with Crippen LogP contribution >= 0.6 is 22.9 Å². The van der Waals surface area contributed by atoms with Gasteiger partial charge in [0.2, 0.25) is 0 Å². The van der Waals surface area contributed by atoms with Crippen molar-refractivity contribution >= 4 is 38.9 Å². The molecule has 3 rings (SSSR count). The van der Waals surface area contributed by atoms with Crippen molar-refractivity contribution in [1.82, 2.24) is 4.90 Å². The third-order valence-corrected chi connectivity index (χ3v) is 4.95. The number of amides is 1. The van der Waals surface area contributed by atoms with Gasteiger partial charge < -0.3 is 4.90 Å². The predicted molar refractivity (Wildman–Crippen MR) is 89.0 cm³/mol. The Morgan fingerprint density at radius 1 is 1.22 bits per heavy atom. The molecule has 0 aliphatic rings. The molecule has 1 aromatic heterocycles. The summed E-state index contributed by atoms with van der Waals surface area (Å²) in [5, 5.41) is 0.957. The molecule has 1 heterocycles. The van der Waals surface area contributed by atoms with Gasteiger partial charge in [-0.2, -0.15) is 0 Å². The van der Waals surface area contributed by atoms with Crippen molar-refractivity contribution in [2.75, 3.05) is 7.05 Å². The normalized spacial score (nSPS) is 11.0. The van der Waals surface area contributed by atoms with E-state index in [-0.39, 0.29) is 28.9 Å². The molecule has 0 unspecified atom stereocenters. The van der Waals surface area contributed by atoms with Crippen LogP contribution in [-0.2, 0) is 6.54 Å². The number of fused-ring (bicyclic) bond motifs is 1. The minimum atomic E-state index is -0.449. The maximum absolute atomic E-state index is 13.8. The van der Waals surface area contributed by atoms with Crippen molar-refractivity contribution in [2.45, 2.75) is 6.54 Å². The second-order valence-corrected chi connectivity index (χ2v) is 6.65. The summed E-state index contributed by atoms with van der Waals surface area (Å²) in [6, 6.07) is 10.4. The largest absolute Gasteiger partial charge is 0.337 e. The van der Waals surface area contributed by atoms with Crippen LogP contribution in [0.4, 0.5) is 8.78 Å². The molecule has 6 heteroatoms. The molecule has 0 atom stereocenters. The summed E-state index contributed by atoms with van der Waals surface area (Å²) in [7, 11) is 1.58. The Morgan fingerprint density at radius 2 is 2.00 bits per heavy atom. The van der Waals surface area contributed by atoms with Crippen molar-refractivity contribution < 1.29 is 13.6 Å². The van der Waals surface area contributed by atoms with E-state index in [1.807, 2.05) is 0 Å². The van der Waals surface area contributed by atoms with Crippen LogP contribution in [0.3, 0.4) is 0 Å². The van der Waals surface area contributed by atoms with Crippen molar-refractivity contribution in [3.8, 4) is 0 Å². The van der Waals surface area contributed by atoms with Crippen molar-refractivity contribution in [1.29, 1.82) is 0 Å². The number of carbonyl (C=O) groups excluding carboxylic acids is 1. The highest BCUT2D eigenvalue weighted by Crippen LogP contribution is 2.28. The highest BCUT2D eigenvalue weighted by Gasteiger charge is 2.18. The zero-order valence-corrected chi connectivity index (χ0v) is 13.7. The summed E-state index contributed by atoms with van der Waals surface area (Å²) < 4.78 is 27.9. The van der Waals surface area contributed by atoms with Crippen LogP contribution < -0.4 is 0 Å². The standard InChI is InChI=1S/C17H12ClF2NOS/c1-21(9-12-13(18)3-2-4-14(12)20)17(22)16-8-10-7-11(19)5-6-15(10)23-16/h2-8H,9H2,1H3. The van der Waals surface area contributed by atoms with Crippen LogP contribution in [0.25, 0.3) is 10.1 Å². The van der Waals surface area contributed by atoms with Crippen LogP contribution in [-0.4, -0.2) is 17.9 Å². The van der Waals surface area contributed by atoms with E-state index >= 15 is 0 Å². The monoisotopic (exact) mass is 351 g/mol.